The number of nitrogens with zero attached hydrogens (tertiary/aromatic N) is 1. The van der Waals surface area contributed by atoms with Gasteiger partial charge in [-0.05, 0) is 33.3 Å². The lowest BCUT2D eigenvalue weighted by atomic mass is 10.2. The summed E-state index contributed by atoms with van der Waals surface area (Å²) in [6, 6.07) is 9.09. The van der Waals surface area contributed by atoms with Crippen molar-refractivity contribution in [2.24, 2.45) is 0 Å². The minimum atomic E-state index is -0.586. The number of esters is 1. The lowest BCUT2D eigenvalue weighted by Crippen LogP contribution is -2.28. The fourth-order valence-corrected chi connectivity index (χ4v) is 1.45. The van der Waals surface area contributed by atoms with Crippen LogP contribution in [0.4, 0.5) is 0 Å². The molecule has 0 amide bonds. The summed E-state index contributed by atoms with van der Waals surface area (Å²) in [4.78, 5) is 11.4. The van der Waals surface area contributed by atoms with E-state index in [1.165, 1.54) is 0 Å². The van der Waals surface area contributed by atoms with Crippen LogP contribution >= 0.6 is 0 Å². The lowest BCUT2D eigenvalue weighted by Gasteiger charge is -2.18. The van der Waals surface area contributed by atoms with Crippen LogP contribution in [0.25, 0.3) is 0 Å². The zero-order chi connectivity index (χ0) is 15.2. The second-order valence-corrected chi connectivity index (χ2v) is 5.53. The first-order valence-corrected chi connectivity index (χ1v) is 6.52. The van der Waals surface area contributed by atoms with E-state index in [0.717, 1.165) is 10.6 Å². The second kappa shape index (κ2) is 7.09. The molecule has 0 saturated carbocycles. The fourth-order valence-electron chi connectivity index (χ4n) is 1.45. The lowest BCUT2D eigenvalue weighted by molar-refractivity contribution is -0.147. The highest BCUT2D eigenvalue weighted by molar-refractivity contribution is 5.88. The van der Waals surface area contributed by atoms with Gasteiger partial charge in [-0.2, -0.15) is 5.06 Å². The van der Waals surface area contributed by atoms with Crippen LogP contribution in [0.15, 0.2) is 30.3 Å². The summed E-state index contributed by atoms with van der Waals surface area (Å²) < 4.78 is 5.07. The number of hydroxylamine groups is 2. The van der Waals surface area contributed by atoms with E-state index in [1.54, 1.807) is 27.7 Å². The van der Waals surface area contributed by atoms with E-state index in [-0.39, 0.29) is 0 Å². The van der Waals surface area contributed by atoms with Crippen molar-refractivity contribution in [3.8, 4) is 11.8 Å². The van der Waals surface area contributed by atoms with Crippen molar-refractivity contribution in [1.82, 2.24) is 5.06 Å². The predicted octanol–water partition coefficient (Wildman–Crippen LogP) is 2.61. The van der Waals surface area contributed by atoms with Crippen molar-refractivity contribution in [3.05, 3.63) is 35.9 Å². The first-order chi connectivity index (χ1) is 9.28. The molecule has 1 aromatic carbocycles. The Morgan fingerprint density at radius 3 is 2.50 bits per heavy atom. The molecule has 0 bridgehead atoms. The summed E-state index contributed by atoms with van der Waals surface area (Å²) in [7, 11) is 0. The van der Waals surface area contributed by atoms with Gasteiger partial charge in [0.15, 0.2) is 0 Å². The minimum absolute atomic E-state index is 0.352. The van der Waals surface area contributed by atoms with Crippen LogP contribution < -0.4 is 0 Å². The van der Waals surface area contributed by atoms with Gasteiger partial charge in [0.25, 0.3) is 0 Å². The van der Waals surface area contributed by atoms with Gasteiger partial charge < -0.3 is 9.94 Å². The molecule has 0 heterocycles. The van der Waals surface area contributed by atoms with E-state index in [4.69, 9.17) is 4.74 Å². The van der Waals surface area contributed by atoms with Crippen LogP contribution in [0.2, 0.25) is 0 Å². The highest BCUT2D eigenvalue weighted by Gasteiger charge is 2.15. The quantitative estimate of drug-likeness (QED) is 0.399. The number of rotatable bonds is 3. The highest BCUT2D eigenvalue weighted by Crippen LogP contribution is 2.07. The van der Waals surface area contributed by atoms with Gasteiger partial charge in [0.05, 0.1) is 12.6 Å². The van der Waals surface area contributed by atoms with Crippen LogP contribution in [-0.4, -0.2) is 27.9 Å². The van der Waals surface area contributed by atoms with E-state index >= 15 is 0 Å². The molecule has 0 spiro atoms. The van der Waals surface area contributed by atoms with Crippen LogP contribution in [0.3, 0.4) is 0 Å². The largest absolute Gasteiger partial charge is 0.450 e. The van der Waals surface area contributed by atoms with Gasteiger partial charge in [-0.3, -0.25) is 0 Å². The number of ether oxygens (including phenoxy) is 1. The SMILES string of the molecule is CC(C#CC(=O)OC(C)(C)C)N(O)Cc1ccccc1. The molecule has 0 aromatic heterocycles. The number of benzene rings is 1. The maximum Gasteiger partial charge on any atom is 0.384 e. The molecule has 0 saturated heterocycles. The molecule has 20 heavy (non-hydrogen) atoms. The first kappa shape index (κ1) is 16.2. The van der Waals surface area contributed by atoms with Crippen LogP contribution in [-0.2, 0) is 16.1 Å². The Morgan fingerprint density at radius 2 is 1.95 bits per heavy atom. The molecule has 1 rings (SSSR count). The van der Waals surface area contributed by atoms with Crippen molar-refractivity contribution in [2.75, 3.05) is 0 Å². The van der Waals surface area contributed by atoms with Crippen molar-refractivity contribution < 1.29 is 14.7 Å². The van der Waals surface area contributed by atoms with Crippen molar-refractivity contribution >= 4 is 5.97 Å². The zero-order valence-electron chi connectivity index (χ0n) is 12.4. The Hall–Kier alpha value is -1.83. The summed E-state index contributed by atoms with van der Waals surface area (Å²) >= 11 is 0. The number of hydrogen-bond acceptors (Lipinski definition) is 4. The zero-order valence-corrected chi connectivity index (χ0v) is 12.4. The molecule has 0 aliphatic heterocycles. The Labute approximate surface area is 120 Å². The van der Waals surface area contributed by atoms with Crippen molar-refractivity contribution in [2.45, 2.75) is 45.9 Å². The molecule has 1 N–H and O–H groups in total. The normalized spacial score (nSPS) is 12.5. The third kappa shape index (κ3) is 6.37. The average molecular weight is 275 g/mol. The van der Waals surface area contributed by atoms with Crippen LogP contribution in [0, 0.1) is 11.8 Å². The molecular weight excluding hydrogens is 254 g/mol. The minimum Gasteiger partial charge on any atom is -0.450 e. The van der Waals surface area contributed by atoms with Crippen LogP contribution in [0.5, 0.6) is 0 Å². The molecule has 4 nitrogen and oxygen atoms in total. The Bertz CT molecular complexity index is 494. The third-order valence-electron chi connectivity index (χ3n) is 2.42. The standard InChI is InChI=1S/C16H21NO3/c1-13(10-11-15(18)20-16(2,3)4)17(19)12-14-8-6-5-7-9-14/h5-9,13,19H,12H2,1-4H3. The highest BCUT2D eigenvalue weighted by atomic mass is 16.6. The summed E-state index contributed by atoms with van der Waals surface area (Å²) in [6.45, 7) is 7.42. The van der Waals surface area contributed by atoms with E-state index in [1.807, 2.05) is 30.3 Å². The molecule has 4 heteroatoms. The Balaban J connectivity index is 2.54. The summed E-state index contributed by atoms with van der Waals surface area (Å²) in [5.74, 6) is 4.48. The number of carbonyl (C=O) groups excluding carboxylic acids is 1. The molecule has 1 aromatic rings. The molecule has 0 fully saturated rings. The molecule has 0 aliphatic rings. The van der Waals surface area contributed by atoms with E-state index in [2.05, 4.69) is 11.8 Å². The van der Waals surface area contributed by atoms with Gasteiger partial charge in [0.1, 0.15) is 5.60 Å². The maximum atomic E-state index is 11.4. The van der Waals surface area contributed by atoms with Gasteiger partial charge in [0.2, 0.25) is 0 Å². The topological polar surface area (TPSA) is 49.8 Å². The van der Waals surface area contributed by atoms with Gasteiger partial charge >= 0.3 is 5.97 Å². The van der Waals surface area contributed by atoms with E-state index < -0.39 is 17.6 Å². The predicted molar refractivity (Wildman–Crippen MR) is 76.9 cm³/mol. The molecule has 1 unspecified atom stereocenters. The summed E-state index contributed by atoms with van der Waals surface area (Å²) in [5.41, 5.74) is 0.415. The van der Waals surface area contributed by atoms with E-state index in [0.29, 0.717) is 6.54 Å². The average Bonchev–Trinajstić information content (AvgIpc) is 2.35. The monoisotopic (exact) mass is 275 g/mol. The van der Waals surface area contributed by atoms with E-state index in [9.17, 15) is 10.0 Å². The smallest absolute Gasteiger partial charge is 0.384 e. The number of carbonyl (C=O) groups is 1. The number of hydrogen-bond donors (Lipinski definition) is 1. The third-order valence-corrected chi connectivity index (χ3v) is 2.42. The van der Waals surface area contributed by atoms with Crippen molar-refractivity contribution in [1.29, 1.82) is 0 Å². The maximum absolute atomic E-state index is 11.4. The fraction of sp³-hybridized carbons (Fsp3) is 0.438. The molecule has 108 valence electrons. The first-order valence-electron chi connectivity index (χ1n) is 6.52. The van der Waals surface area contributed by atoms with Gasteiger partial charge in [-0.1, -0.05) is 36.3 Å². The summed E-state index contributed by atoms with van der Waals surface area (Å²) in [6.07, 6.45) is 0. The van der Waals surface area contributed by atoms with Gasteiger partial charge in [-0.15, -0.1) is 0 Å². The van der Waals surface area contributed by atoms with Crippen LogP contribution in [0.1, 0.15) is 33.3 Å². The summed E-state index contributed by atoms with van der Waals surface area (Å²) in [5, 5.41) is 11.0. The van der Waals surface area contributed by atoms with Gasteiger partial charge in [-0.25, -0.2) is 4.79 Å². The Morgan fingerprint density at radius 1 is 1.35 bits per heavy atom. The molecule has 0 radical (unpaired) electrons. The second-order valence-electron chi connectivity index (χ2n) is 5.53. The molecular formula is C16H21NO3. The molecule has 1 atom stereocenters. The van der Waals surface area contributed by atoms with Crippen molar-refractivity contribution in [3.63, 3.8) is 0 Å². The van der Waals surface area contributed by atoms with Gasteiger partial charge in [0, 0.05) is 5.92 Å². The Kier molecular flexibility index (Phi) is 5.75. The molecule has 0 aliphatic carbocycles.